The zero-order valence-corrected chi connectivity index (χ0v) is 13.0. The Morgan fingerprint density at radius 1 is 1.11 bits per heavy atom. The standard InChI is InChI=1S/C19H30/c1-4-17(15-19(3)13-5-6-14-19)11-12-18-9-7-16(2)8-10-18/h7-10,17H,4-6,11-15H2,1-3H3. The molecule has 1 aliphatic rings. The summed E-state index contributed by atoms with van der Waals surface area (Å²) in [6.45, 7) is 7.06. The monoisotopic (exact) mass is 258 g/mol. The Hall–Kier alpha value is -0.780. The predicted octanol–water partition coefficient (Wildman–Crippen LogP) is 5.92. The van der Waals surface area contributed by atoms with Gasteiger partial charge in [-0.1, -0.05) is 62.9 Å². The lowest BCUT2D eigenvalue weighted by Gasteiger charge is -2.29. The quantitative estimate of drug-likeness (QED) is 0.593. The van der Waals surface area contributed by atoms with E-state index >= 15 is 0 Å². The summed E-state index contributed by atoms with van der Waals surface area (Å²) in [6, 6.07) is 9.10. The first-order valence-electron chi connectivity index (χ1n) is 8.17. The number of hydrogen-bond acceptors (Lipinski definition) is 0. The van der Waals surface area contributed by atoms with E-state index in [-0.39, 0.29) is 0 Å². The Labute approximate surface area is 119 Å². The van der Waals surface area contributed by atoms with Crippen molar-refractivity contribution in [2.24, 2.45) is 11.3 Å². The first-order valence-corrected chi connectivity index (χ1v) is 8.17. The lowest BCUT2D eigenvalue weighted by atomic mass is 9.77. The van der Waals surface area contributed by atoms with Crippen molar-refractivity contribution in [2.45, 2.75) is 72.1 Å². The minimum Gasteiger partial charge on any atom is -0.0651 e. The van der Waals surface area contributed by atoms with Crippen LogP contribution in [0.3, 0.4) is 0 Å². The molecule has 0 spiro atoms. The topological polar surface area (TPSA) is 0 Å². The number of hydrogen-bond donors (Lipinski definition) is 0. The Morgan fingerprint density at radius 3 is 2.32 bits per heavy atom. The van der Waals surface area contributed by atoms with Crippen LogP contribution in [0, 0.1) is 18.3 Å². The Bertz CT molecular complexity index is 368. The third kappa shape index (κ3) is 4.37. The van der Waals surface area contributed by atoms with Crippen LogP contribution in [0.5, 0.6) is 0 Å². The van der Waals surface area contributed by atoms with Crippen molar-refractivity contribution >= 4 is 0 Å². The van der Waals surface area contributed by atoms with Gasteiger partial charge < -0.3 is 0 Å². The molecule has 2 rings (SSSR count). The minimum atomic E-state index is 0.661. The molecule has 1 saturated carbocycles. The van der Waals surface area contributed by atoms with Gasteiger partial charge in [-0.15, -0.1) is 0 Å². The van der Waals surface area contributed by atoms with Gasteiger partial charge in [0.05, 0.1) is 0 Å². The third-order valence-corrected chi connectivity index (χ3v) is 5.13. The van der Waals surface area contributed by atoms with Crippen LogP contribution in [-0.4, -0.2) is 0 Å². The molecule has 0 bridgehead atoms. The zero-order chi connectivity index (χ0) is 13.7. The first-order chi connectivity index (χ1) is 9.11. The van der Waals surface area contributed by atoms with Gasteiger partial charge in [0.15, 0.2) is 0 Å². The van der Waals surface area contributed by atoms with Crippen molar-refractivity contribution in [1.82, 2.24) is 0 Å². The highest BCUT2D eigenvalue weighted by atomic mass is 14.4. The maximum absolute atomic E-state index is 2.52. The van der Waals surface area contributed by atoms with Crippen molar-refractivity contribution in [2.75, 3.05) is 0 Å². The molecule has 0 saturated heterocycles. The van der Waals surface area contributed by atoms with E-state index in [1.165, 1.54) is 62.5 Å². The molecule has 0 aromatic heterocycles. The van der Waals surface area contributed by atoms with Crippen LogP contribution in [0.1, 0.15) is 69.9 Å². The van der Waals surface area contributed by atoms with Gasteiger partial charge in [0.25, 0.3) is 0 Å². The van der Waals surface area contributed by atoms with Gasteiger partial charge in [0, 0.05) is 0 Å². The molecule has 0 aliphatic heterocycles. The molecule has 0 N–H and O–H groups in total. The summed E-state index contributed by atoms with van der Waals surface area (Å²) in [5.74, 6) is 0.921. The maximum Gasteiger partial charge on any atom is -0.0276 e. The second-order valence-corrected chi connectivity index (χ2v) is 7.02. The van der Waals surface area contributed by atoms with E-state index in [0.717, 1.165) is 5.92 Å². The van der Waals surface area contributed by atoms with Crippen molar-refractivity contribution < 1.29 is 0 Å². The van der Waals surface area contributed by atoms with E-state index in [4.69, 9.17) is 0 Å². The van der Waals surface area contributed by atoms with Gasteiger partial charge in [-0.05, 0) is 55.9 Å². The SMILES string of the molecule is CCC(CCc1ccc(C)cc1)CC1(C)CCCC1. The smallest absolute Gasteiger partial charge is 0.0276 e. The Balaban J connectivity index is 1.83. The average Bonchev–Trinajstić information content (AvgIpc) is 2.83. The summed E-state index contributed by atoms with van der Waals surface area (Å²) in [7, 11) is 0. The van der Waals surface area contributed by atoms with E-state index in [2.05, 4.69) is 45.0 Å². The minimum absolute atomic E-state index is 0.661. The molecule has 1 atom stereocenters. The Kier molecular flexibility index (Phi) is 5.07. The van der Waals surface area contributed by atoms with Gasteiger partial charge in [-0.2, -0.15) is 0 Å². The third-order valence-electron chi connectivity index (χ3n) is 5.13. The lowest BCUT2D eigenvalue weighted by molar-refractivity contribution is 0.233. The van der Waals surface area contributed by atoms with Crippen LogP contribution in [0.4, 0.5) is 0 Å². The van der Waals surface area contributed by atoms with Crippen LogP contribution in [-0.2, 0) is 6.42 Å². The van der Waals surface area contributed by atoms with Crippen LogP contribution in [0.15, 0.2) is 24.3 Å². The molecule has 0 heteroatoms. The van der Waals surface area contributed by atoms with Crippen molar-refractivity contribution in [3.63, 3.8) is 0 Å². The molecule has 106 valence electrons. The molecule has 0 nitrogen and oxygen atoms in total. The summed E-state index contributed by atoms with van der Waals surface area (Å²) >= 11 is 0. The molecule has 1 fully saturated rings. The van der Waals surface area contributed by atoms with E-state index in [1.807, 2.05) is 0 Å². The summed E-state index contributed by atoms with van der Waals surface area (Å²) in [6.07, 6.45) is 11.3. The van der Waals surface area contributed by atoms with E-state index in [0.29, 0.717) is 5.41 Å². The fraction of sp³-hybridized carbons (Fsp3) is 0.684. The number of aryl methyl sites for hydroxylation is 2. The highest BCUT2D eigenvalue weighted by Gasteiger charge is 2.30. The van der Waals surface area contributed by atoms with Gasteiger partial charge in [0.1, 0.15) is 0 Å². The van der Waals surface area contributed by atoms with Crippen molar-refractivity contribution in [3.05, 3.63) is 35.4 Å². The van der Waals surface area contributed by atoms with Crippen LogP contribution in [0.2, 0.25) is 0 Å². The van der Waals surface area contributed by atoms with Gasteiger partial charge in [-0.3, -0.25) is 0 Å². The summed E-state index contributed by atoms with van der Waals surface area (Å²) < 4.78 is 0. The lowest BCUT2D eigenvalue weighted by Crippen LogP contribution is -2.17. The first kappa shape index (κ1) is 14.6. The fourth-order valence-corrected chi connectivity index (χ4v) is 3.71. The van der Waals surface area contributed by atoms with E-state index < -0.39 is 0 Å². The molecule has 19 heavy (non-hydrogen) atoms. The highest BCUT2D eigenvalue weighted by Crippen LogP contribution is 2.43. The van der Waals surface area contributed by atoms with E-state index in [9.17, 15) is 0 Å². The second kappa shape index (κ2) is 6.59. The number of rotatable bonds is 6. The fourth-order valence-electron chi connectivity index (χ4n) is 3.71. The maximum atomic E-state index is 2.52. The molecular formula is C19H30. The molecule has 1 aromatic carbocycles. The molecule has 1 unspecified atom stereocenters. The molecule has 1 aromatic rings. The van der Waals surface area contributed by atoms with Gasteiger partial charge >= 0.3 is 0 Å². The summed E-state index contributed by atoms with van der Waals surface area (Å²) in [5, 5.41) is 0. The predicted molar refractivity (Wildman–Crippen MR) is 84.5 cm³/mol. The highest BCUT2D eigenvalue weighted by molar-refractivity contribution is 5.21. The van der Waals surface area contributed by atoms with Crippen LogP contribution >= 0.6 is 0 Å². The van der Waals surface area contributed by atoms with Crippen molar-refractivity contribution in [1.29, 1.82) is 0 Å². The van der Waals surface area contributed by atoms with Gasteiger partial charge in [0.2, 0.25) is 0 Å². The zero-order valence-electron chi connectivity index (χ0n) is 13.0. The Morgan fingerprint density at radius 2 is 1.74 bits per heavy atom. The number of benzene rings is 1. The summed E-state index contributed by atoms with van der Waals surface area (Å²) in [5.41, 5.74) is 3.54. The van der Waals surface area contributed by atoms with Crippen molar-refractivity contribution in [3.8, 4) is 0 Å². The van der Waals surface area contributed by atoms with Crippen LogP contribution in [0.25, 0.3) is 0 Å². The normalized spacial score (nSPS) is 19.5. The van der Waals surface area contributed by atoms with Gasteiger partial charge in [-0.25, -0.2) is 0 Å². The molecule has 0 heterocycles. The second-order valence-electron chi connectivity index (χ2n) is 7.02. The summed E-state index contributed by atoms with van der Waals surface area (Å²) in [4.78, 5) is 0. The van der Waals surface area contributed by atoms with Crippen LogP contribution < -0.4 is 0 Å². The molecule has 1 aliphatic carbocycles. The molecule has 0 radical (unpaired) electrons. The largest absolute Gasteiger partial charge is 0.0651 e. The molecule has 0 amide bonds. The molecular weight excluding hydrogens is 228 g/mol. The average molecular weight is 258 g/mol. The van der Waals surface area contributed by atoms with E-state index in [1.54, 1.807) is 0 Å².